The van der Waals surface area contributed by atoms with Crippen LogP contribution in [0.1, 0.15) is 35.7 Å². The Morgan fingerprint density at radius 2 is 2.08 bits per heavy atom. The first-order valence-electron chi connectivity index (χ1n) is 7.49. The summed E-state index contributed by atoms with van der Waals surface area (Å²) in [6.45, 7) is 1.69. The summed E-state index contributed by atoms with van der Waals surface area (Å²) in [5, 5.41) is 7.14. The van der Waals surface area contributed by atoms with Crippen molar-refractivity contribution in [1.82, 2.24) is 4.83 Å². The minimum absolute atomic E-state index is 0.0739. The molecule has 1 atom stereocenters. The molecule has 0 saturated heterocycles. The number of Topliss-reactive ketones (excluding diaryl/α,β-unsaturated/α-hetero) is 1. The maximum absolute atomic E-state index is 13.0. The summed E-state index contributed by atoms with van der Waals surface area (Å²) in [7, 11) is -3.65. The summed E-state index contributed by atoms with van der Waals surface area (Å²) < 4.78 is 27.3. The lowest BCUT2D eigenvalue weighted by molar-refractivity contribution is -0.148. The lowest BCUT2D eigenvalue weighted by atomic mass is 9.87. The number of ketones is 1. The van der Waals surface area contributed by atoms with Crippen molar-refractivity contribution in [3.63, 3.8) is 0 Å². The number of hydrogen-bond acceptors (Lipinski definition) is 7. The predicted molar refractivity (Wildman–Crippen MR) is 85.9 cm³/mol. The van der Waals surface area contributed by atoms with E-state index in [0.717, 1.165) is 11.8 Å². The van der Waals surface area contributed by atoms with E-state index in [9.17, 15) is 18.0 Å². The molecular formula is C15H19N3O5S. The molecule has 0 spiro atoms. The highest BCUT2D eigenvalue weighted by atomic mass is 32.2. The molecule has 0 aromatic heterocycles. The number of ether oxygens (including phenoxy) is 1. The Hall–Kier alpha value is -2.29. The van der Waals surface area contributed by atoms with Gasteiger partial charge in [-0.3, -0.25) is 4.79 Å². The number of sulfonamides is 1. The van der Waals surface area contributed by atoms with E-state index < -0.39 is 27.3 Å². The van der Waals surface area contributed by atoms with E-state index in [0.29, 0.717) is 18.4 Å². The van der Waals surface area contributed by atoms with Crippen LogP contribution >= 0.6 is 0 Å². The van der Waals surface area contributed by atoms with Crippen molar-refractivity contribution in [1.29, 1.82) is 0 Å². The van der Waals surface area contributed by atoms with Gasteiger partial charge in [0.1, 0.15) is 0 Å². The Balaban J connectivity index is 2.49. The van der Waals surface area contributed by atoms with Gasteiger partial charge >= 0.3 is 5.97 Å². The van der Waals surface area contributed by atoms with E-state index in [1.54, 1.807) is 19.1 Å². The standard InChI is InChI=1S/C15H19N3O5S/c1-3-23-14(20)15(16-17-18-24(2,21)22)10-6-8-11-7-4-5-9-12(11)13(15)19/h4-5,7,9H,3,6,8,10H2,1-2H3,(H,16,18). The second kappa shape index (κ2) is 7.08. The summed E-state index contributed by atoms with van der Waals surface area (Å²) >= 11 is 0. The van der Waals surface area contributed by atoms with Gasteiger partial charge in [-0.05, 0) is 31.7 Å². The molecule has 0 heterocycles. The third-order valence-corrected chi connectivity index (χ3v) is 4.08. The normalized spacial score (nSPS) is 21.2. The molecule has 0 saturated carbocycles. The second-order valence-corrected chi connectivity index (χ2v) is 7.21. The van der Waals surface area contributed by atoms with Crippen LogP contribution in [-0.4, -0.2) is 38.6 Å². The van der Waals surface area contributed by atoms with Crippen molar-refractivity contribution in [3.8, 4) is 0 Å². The van der Waals surface area contributed by atoms with Crippen LogP contribution in [0.15, 0.2) is 34.6 Å². The van der Waals surface area contributed by atoms with Gasteiger partial charge in [0.2, 0.25) is 21.3 Å². The molecule has 1 aliphatic rings. The van der Waals surface area contributed by atoms with Gasteiger partial charge in [0.15, 0.2) is 0 Å². The minimum Gasteiger partial charge on any atom is -0.464 e. The van der Waals surface area contributed by atoms with Gasteiger partial charge in [-0.2, -0.15) is 4.83 Å². The summed E-state index contributed by atoms with van der Waals surface area (Å²) in [5.41, 5.74) is -0.679. The van der Waals surface area contributed by atoms with Gasteiger partial charge < -0.3 is 4.74 Å². The molecule has 0 radical (unpaired) electrons. The Morgan fingerprint density at radius 1 is 1.38 bits per heavy atom. The molecule has 0 aliphatic heterocycles. The van der Waals surface area contributed by atoms with Crippen molar-refractivity contribution in [3.05, 3.63) is 35.4 Å². The largest absolute Gasteiger partial charge is 0.464 e. The fraction of sp³-hybridized carbons (Fsp3) is 0.467. The Labute approximate surface area is 140 Å². The van der Waals surface area contributed by atoms with Crippen LogP contribution in [0.3, 0.4) is 0 Å². The molecule has 130 valence electrons. The second-order valence-electron chi connectivity index (χ2n) is 5.48. The van der Waals surface area contributed by atoms with Crippen molar-refractivity contribution in [2.24, 2.45) is 10.3 Å². The zero-order valence-corrected chi connectivity index (χ0v) is 14.3. The van der Waals surface area contributed by atoms with Crippen LogP contribution in [0.4, 0.5) is 0 Å². The highest BCUT2D eigenvalue weighted by Gasteiger charge is 2.50. The van der Waals surface area contributed by atoms with E-state index in [2.05, 4.69) is 10.3 Å². The third-order valence-electron chi connectivity index (χ3n) is 3.66. The van der Waals surface area contributed by atoms with Crippen LogP contribution in [0, 0.1) is 0 Å². The average Bonchev–Trinajstić information content (AvgIpc) is 2.65. The number of fused-ring (bicyclic) bond motifs is 1. The zero-order valence-electron chi connectivity index (χ0n) is 13.5. The molecule has 1 aromatic carbocycles. The maximum atomic E-state index is 13.0. The Kier molecular flexibility index (Phi) is 5.33. The van der Waals surface area contributed by atoms with Crippen molar-refractivity contribution in [2.75, 3.05) is 12.9 Å². The number of carbonyl (C=O) groups excluding carboxylic acids is 2. The molecule has 1 unspecified atom stereocenters. The van der Waals surface area contributed by atoms with Crippen LogP contribution in [0.2, 0.25) is 0 Å². The van der Waals surface area contributed by atoms with Crippen molar-refractivity contribution >= 4 is 21.8 Å². The Bertz CT molecular complexity index is 775. The molecule has 8 nitrogen and oxygen atoms in total. The number of esters is 1. The maximum Gasteiger partial charge on any atom is 0.344 e. The summed E-state index contributed by atoms with van der Waals surface area (Å²) in [5.74, 6) is -1.36. The summed E-state index contributed by atoms with van der Waals surface area (Å²) in [4.78, 5) is 27.3. The fourth-order valence-corrected chi connectivity index (χ4v) is 2.78. The number of hydrogen-bond donors (Lipinski definition) is 1. The third kappa shape index (κ3) is 3.78. The molecule has 1 aromatic rings. The summed E-state index contributed by atoms with van der Waals surface area (Å²) in [6.07, 6.45) is 2.11. The van der Waals surface area contributed by atoms with Crippen molar-refractivity contribution < 1.29 is 22.7 Å². The van der Waals surface area contributed by atoms with Crippen LogP contribution < -0.4 is 4.83 Å². The van der Waals surface area contributed by atoms with Crippen molar-refractivity contribution in [2.45, 2.75) is 31.7 Å². The van der Waals surface area contributed by atoms with Crippen LogP contribution in [0.5, 0.6) is 0 Å². The van der Waals surface area contributed by atoms with Crippen LogP contribution in [0.25, 0.3) is 0 Å². The van der Waals surface area contributed by atoms with Gasteiger partial charge in [0, 0.05) is 5.56 Å². The average molecular weight is 353 g/mol. The van der Waals surface area contributed by atoms with E-state index in [1.165, 1.54) is 0 Å². The number of carbonyl (C=O) groups is 2. The van der Waals surface area contributed by atoms with Gasteiger partial charge in [-0.25, -0.2) is 13.2 Å². The molecule has 0 bridgehead atoms. The monoisotopic (exact) mass is 353 g/mol. The number of rotatable bonds is 5. The highest BCUT2D eigenvalue weighted by Crippen LogP contribution is 2.32. The van der Waals surface area contributed by atoms with E-state index >= 15 is 0 Å². The molecular weight excluding hydrogens is 334 g/mol. The number of aryl methyl sites for hydroxylation is 1. The quantitative estimate of drug-likeness (QED) is 0.283. The van der Waals surface area contributed by atoms with E-state index in [4.69, 9.17) is 4.74 Å². The lowest BCUT2D eigenvalue weighted by Gasteiger charge is -2.23. The zero-order chi connectivity index (χ0) is 17.8. The molecule has 0 fully saturated rings. The van der Waals surface area contributed by atoms with Gasteiger partial charge in [0.25, 0.3) is 0 Å². The SMILES string of the molecule is CCOC(=O)C1(N=NNS(C)(=O)=O)CCCc2ccccc2C1=O. The molecule has 1 aliphatic carbocycles. The first-order valence-corrected chi connectivity index (χ1v) is 9.38. The fourth-order valence-electron chi connectivity index (χ4n) is 2.59. The number of nitrogens with zero attached hydrogens (tertiary/aromatic N) is 2. The lowest BCUT2D eigenvalue weighted by Crippen LogP contribution is -2.46. The molecule has 2 rings (SSSR count). The summed E-state index contributed by atoms with van der Waals surface area (Å²) in [6, 6.07) is 6.96. The minimum atomic E-state index is -3.65. The first-order chi connectivity index (χ1) is 11.3. The Morgan fingerprint density at radius 3 is 2.75 bits per heavy atom. The van der Waals surface area contributed by atoms with Gasteiger partial charge in [0.05, 0.1) is 12.9 Å². The van der Waals surface area contributed by atoms with Gasteiger partial charge in [-0.1, -0.05) is 29.5 Å². The molecule has 24 heavy (non-hydrogen) atoms. The first kappa shape index (κ1) is 18.1. The van der Waals surface area contributed by atoms with E-state index in [-0.39, 0.29) is 13.0 Å². The number of nitrogens with one attached hydrogen (secondary N) is 1. The highest BCUT2D eigenvalue weighted by molar-refractivity contribution is 7.88. The van der Waals surface area contributed by atoms with Crippen LogP contribution in [-0.2, 0) is 26.0 Å². The molecule has 1 N–H and O–H groups in total. The predicted octanol–water partition coefficient (Wildman–Crippen LogP) is 1.42. The number of benzene rings is 1. The smallest absolute Gasteiger partial charge is 0.344 e. The molecule has 9 heteroatoms. The van der Waals surface area contributed by atoms with Gasteiger partial charge in [-0.15, -0.1) is 5.11 Å². The topological polar surface area (TPSA) is 114 Å². The molecule has 0 amide bonds. The van der Waals surface area contributed by atoms with E-state index in [1.807, 2.05) is 17.0 Å².